The van der Waals surface area contributed by atoms with E-state index in [1.807, 2.05) is 13.0 Å². The van der Waals surface area contributed by atoms with Gasteiger partial charge in [-0.25, -0.2) is 0 Å². The van der Waals surface area contributed by atoms with Crippen molar-refractivity contribution in [2.45, 2.75) is 56.6 Å². The fraction of sp³-hybridized carbons (Fsp3) is 0.429. The number of ether oxygens (including phenoxy) is 1. The van der Waals surface area contributed by atoms with E-state index in [-0.39, 0.29) is 4.90 Å². The van der Waals surface area contributed by atoms with Crippen LogP contribution in [0.5, 0.6) is 0 Å². The second-order valence-electron chi connectivity index (χ2n) is 7.54. The second-order valence-corrected chi connectivity index (χ2v) is 9.11. The summed E-state index contributed by atoms with van der Waals surface area (Å²) in [6.45, 7) is 6.61. The molecule has 4 nitrogen and oxygen atoms in total. The van der Waals surface area contributed by atoms with Crippen LogP contribution < -0.4 is 0 Å². The van der Waals surface area contributed by atoms with Gasteiger partial charge in [-0.15, -0.1) is 0 Å². The summed E-state index contributed by atoms with van der Waals surface area (Å²) >= 11 is 0. The van der Waals surface area contributed by atoms with Crippen LogP contribution in [-0.2, 0) is 37.5 Å². The molecule has 0 saturated carbocycles. The summed E-state index contributed by atoms with van der Waals surface area (Å²) in [6, 6.07) is 13.1. The standard InChI is InChI=1S/C21H26O4S/c1-15-5-9-18(10-6-15)26(22,23)25-20-12-8-17-13-16(14-24-4)7-11-19(17)21(20,2)3/h5-7,9-11,13,20H,8,12,14H2,1-4H3. The summed E-state index contributed by atoms with van der Waals surface area (Å²) in [5.41, 5.74) is 4.15. The van der Waals surface area contributed by atoms with Crippen LogP contribution in [0.25, 0.3) is 0 Å². The first-order valence-corrected chi connectivity index (χ1v) is 10.3. The monoisotopic (exact) mass is 374 g/mol. The van der Waals surface area contributed by atoms with Gasteiger partial charge >= 0.3 is 0 Å². The zero-order valence-corrected chi connectivity index (χ0v) is 16.6. The number of fused-ring (bicyclic) bond motifs is 1. The quantitative estimate of drug-likeness (QED) is 0.738. The van der Waals surface area contributed by atoms with Crippen LogP contribution in [0.4, 0.5) is 0 Å². The maximum atomic E-state index is 12.7. The van der Waals surface area contributed by atoms with E-state index < -0.39 is 21.6 Å². The Bertz CT molecular complexity index is 883. The zero-order chi connectivity index (χ0) is 18.9. The van der Waals surface area contributed by atoms with Crippen molar-refractivity contribution in [3.63, 3.8) is 0 Å². The Labute approximate surface area is 156 Å². The molecule has 0 spiro atoms. The normalized spacial score (nSPS) is 19.2. The fourth-order valence-electron chi connectivity index (χ4n) is 3.64. The van der Waals surface area contributed by atoms with E-state index in [1.54, 1.807) is 31.4 Å². The number of rotatable bonds is 5. The molecule has 0 amide bonds. The minimum atomic E-state index is -3.79. The van der Waals surface area contributed by atoms with E-state index in [9.17, 15) is 8.42 Å². The number of methoxy groups -OCH3 is 1. The Morgan fingerprint density at radius 1 is 1.12 bits per heavy atom. The average Bonchev–Trinajstić information content (AvgIpc) is 2.58. The second kappa shape index (κ2) is 7.14. The third kappa shape index (κ3) is 3.70. The molecule has 1 aliphatic carbocycles. The molecule has 1 aliphatic rings. The Balaban J connectivity index is 1.87. The van der Waals surface area contributed by atoms with Gasteiger partial charge < -0.3 is 4.74 Å². The molecule has 1 atom stereocenters. The van der Waals surface area contributed by atoms with E-state index in [0.717, 1.165) is 23.1 Å². The molecule has 5 heteroatoms. The van der Waals surface area contributed by atoms with Gasteiger partial charge in [0.1, 0.15) is 0 Å². The smallest absolute Gasteiger partial charge is 0.297 e. The molecule has 0 fully saturated rings. The Morgan fingerprint density at radius 2 is 1.81 bits per heavy atom. The number of hydrogen-bond acceptors (Lipinski definition) is 4. The molecule has 3 rings (SSSR count). The van der Waals surface area contributed by atoms with Crippen LogP contribution in [0, 0.1) is 6.92 Å². The first-order valence-electron chi connectivity index (χ1n) is 8.85. The van der Waals surface area contributed by atoms with Crippen LogP contribution in [0.1, 0.15) is 42.5 Å². The van der Waals surface area contributed by atoms with Crippen LogP contribution in [0.2, 0.25) is 0 Å². The molecule has 140 valence electrons. The van der Waals surface area contributed by atoms with Crippen molar-refractivity contribution in [2.24, 2.45) is 0 Å². The molecule has 2 aromatic carbocycles. The van der Waals surface area contributed by atoms with E-state index in [0.29, 0.717) is 13.0 Å². The molecule has 0 bridgehead atoms. The summed E-state index contributed by atoms with van der Waals surface area (Å²) < 4.78 is 36.3. The highest BCUT2D eigenvalue weighted by Crippen LogP contribution is 2.40. The maximum Gasteiger partial charge on any atom is 0.297 e. The lowest BCUT2D eigenvalue weighted by Gasteiger charge is -2.39. The molecule has 0 aromatic heterocycles. The number of hydrogen-bond donors (Lipinski definition) is 0. The van der Waals surface area contributed by atoms with Crippen LogP contribution in [0.3, 0.4) is 0 Å². The van der Waals surface area contributed by atoms with Crippen molar-refractivity contribution in [3.8, 4) is 0 Å². The van der Waals surface area contributed by atoms with Gasteiger partial charge in [0.15, 0.2) is 0 Å². The molecule has 2 aromatic rings. The van der Waals surface area contributed by atoms with E-state index in [1.165, 1.54) is 5.56 Å². The van der Waals surface area contributed by atoms with Crippen molar-refractivity contribution in [2.75, 3.05) is 7.11 Å². The van der Waals surface area contributed by atoms with Gasteiger partial charge in [0, 0.05) is 12.5 Å². The molecule has 1 unspecified atom stereocenters. The van der Waals surface area contributed by atoms with Gasteiger partial charge in [-0.2, -0.15) is 8.42 Å². The first kappa shape index (κ1) is 19.1. The van der Waals surface area contributed by atoms with Gasteiger partial charge in [0.25, 0.3) is 10.1 Å². The molecule has 0 aliphatic heterocycles. The largest absolute Gasteiger partial charge is 0.380 e. The average molecular weight is 375 g/mol. The van der Waals surface area contributed by atoms with Crippen molar-refractivity contribution >= 4 is 10.1 Å². The summed E-state index contributed by atoms with van der Waals surface area (Å²) in [5, 5.41) is 0. The van der Waals surface area contributed by atoms with Crippen molar-refractivity contribution < 1.29 is 17.3 Å². The van der Waals surface area contributed by atoms with Crippen molar-refractivity contribution in [3.05, 3.63) is 64.7 Å². The van der Waals surface area contributed by atoms with Gasteiger partial charge in [-0.05, 0) is 48.6 Å². The van der Waals surface area contributed by atoms with Crippen LogP contribution >= 0.6 is 0 Å². The first-order chi connectivity index (χ1) is 12.2. The third-order valence-corrected chi connectivity index (χ3v) is 6.54. The van der Waals surface area contributed by atoms with Crippen molar-refractivity contribution in [1.82, 2.24) is 0 Å². The van der Waals surface area contributed by atoms with E-state index >= 15 is 0 Å². The predicted molar refractivity (Wildman–Crippen MR) is 102 cm³/mol. The summed E-state index contributed by atoms with van der Waals surface area (Å²) in [7, 11) is -2.10. The molecule has 26 heavy (non-hydrogen) atoms. The SMILES string of the molecule is COCc1ccc2c(c1)CCC(OS(=O)(=O)c1ccc(C)cc1)C2(C)C. The third-order valence-electron chi connectivity index (χ3n) is 5.21. The minimum Gasteiger partial charge on any atom is -0.380 e. The van der Waals surface area contributed by atoms with Crippen LogP contribution in [0.15, 0.2) is 47.4 Å². The summed E-state index contributed by atoms with van der Waals surface area (Å²) in [5.74, 6) is 0. The molecule has 0 N–H and O–H groups in total. The fourth-order valence-corrected chi connectivity index (χ4v) is 4.86. The molecule has 0 saturated heterocycles. The van der Waals surface area contributed by atoms with Gasteiger partial charge in [-0.1, -0.05) is 49.7 Å². The van der Waals surface area contributed by atoms with Gasteiger partial charge in [0.2, 0.25) is 0 Å². The number of aryl methyl sites for hydroxylation is 2. The maximum absolute atomic E-state index is 12.7. The topological polar surface area (TPSA) is 52.6 Å². The van der Waals surface area contributed by atoms with Gasteiger partial charge in [-0.3, -0.25) is 4.18 Å². The number of benzene rings is 2. The highest BCUT2D eigenvalue weighted by atomic mass is 32.2. The Hall–Kier alpha value is -1.69. The Morgan fingerprint density at radius 3 is 2.46 bits per heavy atom. The molecular formula is C21H26O4S. The molecular weight excluding hydrogens is 348 g/mol. The summed E-state index contributed by atoms with van der Waals surface area (Å²) in [4.78, 5) is 0.208. The molecule has 0 radical (unpaired) electrons. The van der Waals surface area contributed by atoms with Crippen LogP contribution in [-0.4, -0.2) is 21.6 Å². The lowest BCUT2D eigenvalue weighted by atomic mass is 9.70. The van der Waals surface area contributed by atoms with E-state index in [4.69, 9.17) is 8.92 Å². The highest BCUT2D eigenvalue weighted by Gasteiger charge is 2.40. The highest BCUT2D eigenvalue weighted by molar-refractivity contribution is 7.86. The van der Waals surface area contributed by atoms with Gasteiger partial charge in [0.05, 0.1) is 17.6 Å². The minimum absolute atomic E-state index is 0.208. The predicted octanol–water partition coefficient (Wildman–Crippen LogP) is 4.14. The van der Waals surface area contributed by atoms with Crippen molar-refractivity contribution in [1.29, 1.82) is 0 Å². The Kier molecular flexibility index (Phi) is 5.24. The molecule has 0 heterocycles. The lowest BCUT2D eigenvalue weighted by Crippen LogP contribution is -2.41. The van der Waals surface area contributed by atoms with E-state index in [2.05, 4.69) is 26.0 Å². The zero-order valence-electron chi connectivity index (χ0n) is 15.8. The summed E-state index contributed by atoms with van der Waals surface area (Å²) in [6.07, 6.45) is 1.07. The lowest BCUT2D eigenvalue weighted by molar-refractivity contribution is 0.114.